The van der Waals surface area contributed by atoms with Crippen molar-refractivity contribution in [1.82, 2.24) is 10.3 Å². The van der Waals surface area contributed by atoms with E-state index in [0.29, 0.717) is 11.7 Å². The molecule has 2 N–H and O–H groups in total. The molecule has 0 aliphatic heterocycles. The predicted molar refractivity (Wildman–Crippen MR) is 101 cm³/mol. The Balaban J connectivity index is 1.72. The quantitative estimate of drug-likeness (QED) is 0.797. The van der Waals surface area contributed by atoms with Crippen LogP contribution in [0.25, 0.3) is 0 Å². The number of benzene rings is 1. The fraction of sp³-hybridized carbons (Fsp3) is 0.368. The van der Waals surface area contributed by atoms with Gasteiger partial charge < -0.3 is 15.4 Å². The minimum absolute atomic E-state index is 0.115. The Kier molecular flexibility index (Phi) is 5.30. The van der Waals surface area contributed by atoms with Crippen molar-refractivity contribution in [3.05, 3.63) is 54.4 Å². The molecule has 0 saturated heterocycles. The lowest BCUT2D eigenvalue weighted by molar-refractivity contribution is 0.340. The lowest BCUT2D eigenvalue weighted by Gasteiger charge is -2.32. The lowest BCUT2D eigenvalue weighted by atomic mass is 9.89. The van der Waals surface area contributed by atoms with Gasteiger partial charge in [-0.15, -0.1) is 0 Å². The van der Waals surface area contributed by atoms with Crippen molar-refractivity contribution in [2.24, 2.45) is 0 Å². The second-order valence-corrected chi connectivity index (χ2v) is 6.48. The number of ether oxygens (including phenoxy) is 1. The molecule has 0 radical (unpaired) electrons. The van der Waals surface area contributed by atoms with E-state index in [1.165, 1.54) is 18.4 Å². The molecule has 0 atom stereocenters. The van der Waals surface area contributed by atoms with E-state index in [2.05, 4.69) is 21.7 Å². The zero-order valence-corrected chi connectivity index (χ0v) is 14.7. The molecule has 1 fully saturated rings. The fourth-order valence-corrected chi connectivity index (χ4v) is 3.63. The summed E-state index contributed by atoms with van der Waals surface area (Å²) in [5.41, 5.74) is 2.02. The highest BCUT2D eigenvalue weighted by Gasteiger charge is 2.36. The first kappa shape index (κ1) is 16.7. The predicted octanol–water partition coefficient (Wildman–Crippen LogP) is 4.24. The van der Waals surface area contributed by atoms with Crippen LogP contribution in [0.4, 0.5) is 5.69 Å². The van der Waals surface area contributed by atoms with E-state index in [-0.39, 0.29) is 5.54 Å². The van der Waals surface area contributed by atoms with E-state index in [9.17, 15) is 0 Å². The molecule has 3 rings (SSSR count). The minimum atomic E-state index is -0.115. The Morgan fingerprint density at radius 2 is 2.08 bits per heavy atom. The number of nitrogens with zero attached hydrogens (tertiary/aromatic N) is 1. The highest BCUT2D eigenvalue weighted by molar-refractivity contribution is 7.80. The van der Waals surface area contributed by atoms with Gasteiger partial charge in [-0.3, -0.25) is 4.98 Å². The lowest BCUT2D eigenvalue weighted by Crippen LogP contribution is -2.45. The molecule has 0 unspecified atom stereocenters. The third-order valence-electron chi connectivity index (χ3n) is 4.43. The molecule has 1 aromatic carbocycles. The first-order chi connectivity index (χ1) is 11.7. The number of nitrogens with one attached hydrogen (secondary N) is 2. The number of hydrogen-bond donors (Lipinski definition) is 2. The number of pyridine rings is 1. The Labute approximate surface area is 148 Å². The molecule has 1 saturated carbocycles. The van der Waals surface area contributed by atoms with Crippen molar-refractivity contribution in [1.29, 1.82) is 0 Å². The second kappa shape index (κ2) is 7.62. The van der Waals surface area contributed by atoms with Gasteiger partial charge in [-0.25, -0.2) is 0 Å². The van der Waals surface area contributed by atoms with Crippen LogP contribution >= 0.6 is 12.2 Å². The molecule has 24 heavy (non-hydrogen) atoms. The normalized spacial score (nSPS) is 15.7. The van der Waals surface area contributed by atoms with Crippen LogP contribution in [0.1, 0.15) is 38.2 Å². The van der Waals surface area contributed by atoms with Crippen LogP contribution in [0.15, 0.2) is 48.8 Å². The van der Waals surface area contributed by atoms with Gasteiger partial charge in [0.15, 0.2) is 5.11 Å². The van der Waals surface area contributed by atoms with E-state index < -0.39 is 0 Å². The monoisotopic (exact) mass is 341 g/mol. The fourth-order valence-electron chi connectivity index (χ4n) is 3.32. The molecular weight excluding hydrogens is 318 g/mol. The van der Waals surface area contributed by atoms with Crippen LogP contribution in [0.3, 0.4) is 0 Å². The summed E-state index contributed by atoms with van der Waals surface area (Å²) in [6, 6.07) is 12.0. The van der Waals surface area contributed by atoms with Gasteiger partial charge in [-0.1, -0.05) is 25.0 Å². The van der Waals surface area contributed by atoms with Crippen LogP contribution in [0.5, 0.6) is 5.75 Å². The number of anilines is 1. The standard InChI is InChI=1S/C19H23N3OS/c1-2-23-17-9-5-8-16(13-17)21-18(24)22-19(10-3-4-11-19)15-7-6-12-20-14-15/h5-9,12-14H,2-4,10-11H2,1H3,(H2,21,22,24). The first-order valence-electron chi connectivity index (χ1n) is 8.44. The summed E-state index contributed by atoms with van der Waals surface area (Å²) in [6.07, 6.45) is 8.28. The largest absolute Gasteiger partial charge is 0.494 e. The van der Waals surface area contributed by atoms with Gasteiger partial charge in [0.05, 0.1) is 12.1 Å². The third-order valence-corrected chi connectivity index (χ3v) is 4.63. The van der Waals surface area contributed by atoms with Crippen molar-refractivity contribution in [3.8, 4) is 5.75 Å². The molecule has 0 bridgehead atoms. The van der Waals surface area contributed by atoms with Crippen LogP contribution in [0.2, 0.25) is 0 Å². The van der Waals surface area contributed by atoms with Crippen molar-refractivity contribution in [3.63, 3.8) is 0 Å². The molecule has 1 aliphatic rings. The summed E-state index contributed by atoms with van der Waals surface area (Å²) >= 11 is 5.57. The molecule has 4 nitrogen and oxygen atoms in total. The number of aromatic nitrogens is 1. The average Bonchev–Trinajstić information content (AvgIpc) is 3.06. The maximum atomic E-state index is 5.57. The van der Waals surface area contributed by atoms with Gasteiger partial charge in [-0.2, -0.15) is 0 Å². The van der Waals surface area contributed by atoms with E-state index in [1.807, 2.05) is 49.6 Å². The molecule has 0 spiro atoms. The molecule has 1 heterocycles. The van der Waals surface area contributed by atoms with Crippen molar-refractivity contribution in [2.75, 3.05) is 11.9 Å². The maximum Gasteiger partial charge on any atom is 0.171 e. The van der Waals surface area contributed by atoms with E-state index in [1.54, 1.807) is 0 Å². The second-order valence-electron chi connectivity index (χ2n) is 6.07. The van der Waals surface area contributed by atoms with E-state index in [0.717, 1.165) is 24.3 Å². The van der Waals surface area contributed by atoms with E-state index in [4.69, 9.17) is 17.0 Å². The van der Waals surface area contributed by atoms with Gasteiger partial charge in [0.2, 0.25) is 0 Å². The molecular formula is C19H23N3OS. The summed E-state index contributed by atoms with van der Waals surface area (Å²) in [5, 5.41) is 7.46. The first-order valence-corrected chi connectivity index (χ1v) is 8.85. The number of rotatable bonds is 5. The molecule has 1 aromatic heterocycles. The Morgan fingerprint density at radius 3 is 2.79 bits per heavy atom. The van der Waals surface area contributed by atoms with Crippen LogP contribution < -0.4 is 15.4 Å². The van der Waals surface area contributed by atoms with Crippen molar-refractivity contribution in [2.45, 2.75) is 38.1 Å². The molecule has 126 valence electrons. The number of thiocarbonyl (C=S) groups is 1. The molecule has 0 amide bonds. The van der Waals surface area contributed by atoms with Gasteiger partial charge in [0.25, 0.3) is 0 Å². The molecule has 5 heteroatoms. The van der Waals surface area contributed by atoms with Gasteiger partial charge >= 0.3 is 0 Å². The summed E-state index contributed by atoms with van der Waals surface area (Å²) in [7, 11) is 0. The van der Waals surface area contributed by atoms with Crippen molar-refractivity contribution >= 4 is 23.0 Å². The molecule has 2 aromatic rings. The summed E-state index contributed by atoms with van der Waals surface area (Å²) in [6.45, 7) is 2.63. The smallest absolute Gasteiger partial charge is 0.171 e. The minimum Gasteiger partial charge on any atom is -0.494 e. The van der Waals surface area contributed by atoms with Gasteiger partial charge in [0, 0.05) is 24.1 Å². The summed E-state index contributed by atoms with van der Waals surface area (Å²) < 4.78 is 5.54. The zero-order valence-electron chi connectivity index (χ0n) is 13.9. The van der Waals surface area contributed by atoms with E-state index >= 15 is 0 Å². The Bertz CT molecular complexity index is 684. The maximum absolute atomic E-state index is 5.57. The SMILES string of the molecule is CCOc1cccc(NC(=S)NC2(c3cccnc3)CCCC2)c1. The van der Waals surface area contributed by atoms with Crippen LogP contribution in [-0.4, -0.2) is 16.7 Å². The summed E-state index contributed by atoms with van der Waals surface area (Å²) in [4.78, 5) is 4.28. The van der Waals surface area contributed by atoms with Crippen LogP contribution in [-0.2, 0) is 5.54 Å². The average molecular weight is 341 g/mol. The van der Waals surface area contributed by atoms with Crippen molar-refractivity contribution < 1.29 is 4.74 Å². The third kappa shape index (κ3) is 3.85. The zero-order chi connectivity index (χ0) is 16.8. The molecule has 1 aliphatic carbocycles. The highest BCUT2D eigenvalue weighted by atomic mass is 32.1. The van der Waals surface area contributed by atoms with Gasteiger partial charge in [0.1, 0.15) is 5.75 Å². The topological polar surface area (TPSA) is 46.2 Å². The Hall–Kier alpha value is -2.14. The van der Waals surface area contributed by atoms with Crippen LogP contribution in [0, 0.1) is 0 Å². The van der Waals surface area contributed by atoms with Gasteiger partial charge in [-0.05, 0) is 55.7 Å². The summed E-state index contributed by atoms with van der Waals surface area (Å²) in [5.74, 6) is 0.841. The highest BCUT2D eigenvalue weighted by Crippen LogP contribution is 2.38. The Morgan fingerprint density at radius 1 is 1.25 bits per heavy atom. The number of hydrogen-bond acceptors (Lipinski definition) is 3.